The zero-order valence-electron chi connectivity index (χ0n) is 18.0. The third kappa shape index (κ3) is 4.88. The van der Waals surface area contributed by atoms with E-state index in [2.05, 4.69) is 53.2 Å². The highest BCUT2D eigenvalue weighted by molar-refractivity contribution is 5.90. The zero-order valence-corrected chi connectivity index (χ0v) is 18.0. The van der Waals surface area contributed by atoms with Gasteiger partial charge in [0, 0.05) is 48.9 Å². The standard InChI is InChI=1S/C25H29N3O3/c1-17-23(22-5-3-4-6-24(22)26-17)14-20-13-21(31-2)16-28(20)15-19-9-7-18(8-10-19)11-12-25(29)27-30/h3-12,20-21,26,30H,13-16H2,1-2H3,(H,27,29)/b12-11+/t20-,21-/m1/s1. The van der Waals surface area contributed by atoms with Crippen LogP contribution in [0.4, 0.5) is 0 Å². The van der Waals surface area contributed by atoms with E-state index in [0.29, 0.717) is 6.04 Å². The number of hydroxylamine groups is 1. The molecule has 3 aromatic rings. The molecule has 0 spiro atoms. The van der Waals surface area contributed by atoms with Gasteiger partial charge in [-0.1, -0.05) is 42.5 Å². The first kappa shape index (κ1) is 21.3. The van der Waals surface area contributed by atoms with Gasteiger partial charge in [0.05, 0.1) is 6.10 Å². The van der Waals surface area contributed by atoms with Crippen molar-refractivity contribution < 1.29 is 14.7 Å². The molecule has 6 heteroatoms. The van der Waals surface area contributed by atoms with Crippen molar-refractivity contribution in [1.29, 1.82) is 0 Å². The largest absolute Gasteiger partial charge is 0.380 e. The number of methoxy groups -OCH3 is 1. The van der Waals surface area contributed by atoms with Crippen molar-refractivity contribution in [2.45, 2.75) is 38.5 Å². The SMILES string of the molecule is CO[C@@H]1C[C@H](Cc2c(C)[nH]c3ccccc23)N(Cc2ccc(/C=C/C(=O)NO)cc2)C1. The Morgan fingerprint density at radius 1 is 1.26 bits per heavy atom. The van der Waals surface area contributed by atoms with E-state index < -0.39 is 5.91 Å². The number of carbonyl (C=O) groups excluding carboxylic acids is 1. The number of hydrogen-bond acceptors (Lipinski definition) is 4. The minimum atomic E-state index is -0.540. The molecule has 1 aliphatic heterocycles. The van der Waals surface area contributed by atoms with Crippen LogP contribution in [-0.4, -0.2) is 46.8 Å². The number of fused-ring (bicyclic) bond motifs is 1. The normalized spacial score (nSPS) is 19.5. The second-order valence-electron chi connectivity index (χ2n) is 8.21. The van der Waals surface area contributed by atoms with Gasteiger partial charge in [-0.3, -0.25) is 14.9 Å². The first-order valence-corrected chi connectivity index (χ1v) is 10.6. The number of H-pyrrole nitrogens is 1. The van der Waals surface area contributed by atoms with Crippen LogP contribution in [0.15, 0.2) is 54.6 Å². The quantitative estimate of drug-likeness (QED) is 0.309. The Morgan fingerprint density at radius 3 is 2.77 bits per heavy atom. The molecular formula is C25H29N3O3. The fourth-order valence-corrected chi connectivity index (χ4v) is 4.53. The van der Waals surface area contributed by atoms with Gasteiger partial charge in [0.2, 0.25) is 0 Å². The first-order valence-electron chi connectivity index (χ1n) is 10.6. The number of rotatable bonds is 7. The number of para-hydroxylation sites is 1. The smallest absolute Gasteiger partial charge is 0.267 e. The third-order valence-corrected chi connectivity index (χ3v) is 6.19. The van der Waals surface area contributed by atoms with Crippen molar-refractivity contribution >= 4 is 22.9 Å². The summed E-state index contributed by atoms with van der Waals surface area (Å²) in [6.07, 6.45) is 5.24. The number of aromatic amines is 1. The van der Waals surface area contributed by atoms with Crippen LogP contribution in [0.2, 0.25) is 0 Å². The van der Waals surface area contributed by atoms with Crippen LogP contribution in [0.25, 0.3) is 17.0 Å². The monoisotopic (exact) mass is 419 g/mol. The van der Waals surface area contributed by atoms with Crippen molar-refractivity contribution in [3.8, 4) is 0 Å². The van der Waals surface area contributed by atoms with E-state index in [-0.39, 0.29) is 6.10 Å². The van der Waals surface area contributed by atoms with E-state index >= 15 is 0 Å². The number of amides is 1. The minimum Gasteiger partial charge on any atom is -0.380 e. The summed E-state index contributed by atoms with van der Waals surface area (Å²) in [5.74, 6) is -0.540. The topological polar surface area (TPSA) is 77.6 Å². The average Bonchev–Trinajstić information content (AvgIpc) is 3.33. The molecule has 2 heterocycles. The van der Waals surface area contributed by atoms with Crippen molar-refractivity contribution in [3.05, 3.63) is 77.0 Å². The van der Waals surface area contributed by atoms with Crippen LogP contribution in [0.1, 0.15) is 28.8 Å². The number of carbonyl (C=O) groups is 1. The van der Waals surface area contributed by atoms with Crippen molar-refractivity contribution in [1.82, 2.24) is 15.4 Å². The average molecular weight is 420 g/mol. The lowest BCUT2D eigenvalue weighted by Crippen LogP contribution is -2.31. The molecule has 0 unspecified atom stereocenters. The highest BCUT2D eigenvalue weighted by Gasteiger charge is 2.33. The Labute approximate surface area is 182 Å². The number of hydrogen-bond donors (Lipinski definition) is 3. The number of likely N-dealkylation sites (tertiary alicyclic amines) is 1. The van der Waals surface area contributed by atoms with Crippen molar-refractivity contribution in [2.24, 2.45) is 0 Å². The van der Waals surface area contributed by atoms with Gasteiger partial charge >= 0.3 is 0 Å². The van der Waals surface area contributed by atoms with E-state index in [1.165, 1.54) is 33.8 Å². The van der Waals surface area contributed by atoms with E-state index in [9.17, 15) is 4.79 Å². The van der Waals surface area contributed by atoms with E-state index in [1.807, 2.05) is 12.1 Å². The molecule has 1 fully saturated rings. The van der Waals surface area contributed by atoms with Crippen LogP contribution in [-0.2, 0) is 22.5 Å². The number of aryl methyl sites for hydroxylation is 1. The molecule has 0 saturated carbocycles. The summed E-state index contributed by atoms with van der Waals surface area (Å²) >= 11 is 0. The van der Waals surface area contributed by atoms with Crippen LogP contribution in [0, 0.1) is 6.92 Å². The van der Waals surface area contributed by atoms with Crippen molar-refractivity contribution in [2.75, 3.05) is 13.7 Å². The lowest BCUT2D eigenvalue weighted by molar-refractivity contribution is -0.124. The molecule has 4 rings (SSSR count). The fraction of sp³-hybridized carbons (Fsp3) is 0.320. The maximum Gasteiger partial charge on any atom is 0.267 e. The van der Waals surface area contributed by atoms with Gasteiger partial charge in [0.25, 0.3) is 5.91 Å². The zero-order chi connectivity index (χ0) is 21.8. The number of aromatic nitrogens is 1. The summed E-state index contributed by atoms with van der Waals surface area (Å²) < 4.78 is 5.71. The molecule has 0 radical (unpaired) electrons. The van der Waals surface area contributed by atoms with E-state index in [0.717, 1.165) is 31.5 Å². The number of ether oxygens (including phenoxy) is 1. The highest BCUT2D eigenvalue weighted by Crippen LogP contribution is 2.30. The predicted octanol–water partition coefficient (Wildman–Crippen LogP) is 3.83. The molecule has 1 saturated heterocycles. The van der Waals surface area contributed by atoms with E-state index in [1.54, 1.807) is 18.7 Å². The van der Waals surface area contributed by atoms with Crippen LogP contribution >= 0.6 is 0 Å². The second-order valence-corrected chi connectivity index (χ2v) is 8.21. The Kier molecular flexibility index (Phi) is 6.51. The number of nitrogens with one attached hydrogen (secondary N) is 2. The molecule has 6 nitrogen and oxygen atoms in total. The molecule has 0 bridgehead atoms. The third-order valence-electron chi connectivity index (χ3n) is 6.19. The van der Waals surface area contributed by atoms with Gasteiger partial charge in [-0.2, -0.15) is 0 Å². The second kappa shape index (κ2) is 9.47. The minimum absolute atomic E-state index is 0.245. The summed E-state index contributed by atoms with van der Waals surface area (Å²) in [5.41, 5.74) is 7.56. The summed E-state index contributed by atoms with van der Waals surface area (Å²) in [5, 5.41) is 9.89. The Bertz CT molecular complexity index is 1070. The van der Waals surface area contributed by atoms with Crippen LogP contribution in [0.3, 0.4) is 0 Å². The molecule has 31 heavy (non-hydrogen) atoms. The number of nitrogens with zero attached hydrogens (tertiary/aromatic N) is 1. The first-order chi connectivity index (χ1) is 15.1. The molecule has 162 valence electrons. The van der Waals surface area contributed by atoms with Gasteiger partial charge in [-0.25, -0.2) is 5.48 Å². The molecule has 1 aromatic heterocycles. The molecule has 2 atom stereocenters. The Balaban J connectivity index is 1.49. The lowest BCUT2D eigenvalue weighted by atomic mass is 10.00. The predicted molar refractivity (Wildman–Crippen MR) is 122 cm³/mol. The molecule has 3 N–H and O–H groups in total. The summed E-state index contributed by atoms with van der Waals surface area (Å²) in [6, 6.07) is 17.1. The van der Waals surface area contributed by atoms with Crippen LogP contribution in [0.5, 0.6) is 0 Å². The van der Waals surface area contributed by atoms with Gasteiger partial charge in [0.15, 0.2) is 0 Å². The van der Waals surface area contributed by atoms with Gasteiger partial charge in [-0.15, -0.1) is 0 Å². The van der Waals surface area contributed by atoms with Gasteiger partial charge < -0.3 is 9.72 Å². The highest BCUT2D eigenvalue weighted by atomic mass is 16.5. The molecular weight excluding hydrogens is 390 g/mol. The molecule has 1 amide bonds. The summed E-state index contributed by atoms with van der Waals surface area (Å²) in [7, 11) is 1.80. The van der Waals surface area contributed by atoms with Gasteiger partial charge in [-0.05, 0) is 48.6 Å². The number of benzene rings is 2. The Morgan fingerprint density at radius 2 is 2.03 bits per heavy atom. The maximum atomic E-state index is 11.1. The van der Waals surface area contributed by atoms with Gasteiger partial charge in [0.1, 0.15) is 0 Å². The lowest BCUT2D eigenvalue weighted by Gasteiger charge is -2.24. The van der Waals surface area contributed by atoms with Crippen molar-refractivity contribution in [3.63, 3.8) is 0 Å². The maximum absolute atomic E-state index is 11.1. The molecule has 0 aliphatic carbocycles. The summed E-state index contributed by atoms with van der Waals surface area (Å²) in [6.45, 7) is 3.93. The fourth-order valence-electron chi connectivity index (χ4n) is 4.53. The Hall–Kier alpha value is -2.93. The van der Waals surface area contributed by atoms with Crippen LogP contribution < -0.4 is 5.48 Å². The molecule has 2 aromatic carbocycles. The molecule has 1 aliphatic rings. The summed E-state index contributed by atoms with van der Waals surface area (Å²) in [4.78, 5) is 17.2. The van der Waals surface area contributed by atoms with E-state index in [4.69, 9.17) is 9.94 Å².